The van der Waals surface area contributed by atoms with Crippen molar-refractivity contribution in [2.45, 2.75) is 26.8 Å². The Morgan fingerprint density at radius 2 is 2.00 bits per heavy atom. The minimum atomic E-state index is -1.00. The first-order chi connectivity index (χ1) is 7.86. The average Bonchev–Trinajstić information content (AvgIpc) is 2.29. The van der Waals surface area contributed by atoms with E-state index in [0.717, 1.165) is 0 Å². The zero-order valence-corrected chi connectivity index (χ0v) is 10.3. The molecule has 3 atom stereocenters. The summed E-state index contributed by atoms with van der Waals surface area (Å²) in [7, 11) is 0. The predicted molar refractivity (Wildman–Crippen MR) is 60.1 cm³/mol. The van der Waals surface area contributed by atoms with E-state index < -0.39 is 23.8 Å². The van der Waals surface area contributed by atoms with Crippen molar-refractivity contribution in [1.29, 1.82) is 0 Å². The number of carboxylic acids is 1. The third kappa shape index (κ3) is 2.75. The standard InChI is InChI=1S/C11H18N2O4/c1-6(7(2)11(16)17)10(15)13-5-4-12-9(14)8(13)3/h6-8H,4-5H2,1-3H3,(H,12,14)(H,16,17). The molecule has 6 heteroatoms. The molecular weight excluding hydrogens is 224 g/mol. The molecule has 0 aromatic rings. The first kappa shape index (κ1) is 13.5. The van der Waals surface area contributed by atoms with E-state index in [9.17, 15) is 14.4 Å². The number of amides is 2. The summed E-state index contributed by atoms with van der Waals surface area (Å²) in [5.74, 6) is -2.84. The monoisotopic (exact) mass is 242 g/mol. The largest absolute Gasteiger partial charge is 0.481 e. The molecule has 6 nitrogen and oxygen atoms in total. The van der Waals surface area contributed by atoms with Crippen molar-refractivity contribution >= 4 is 17.8 Å². The number of aliphatic carboxylic acids is 1. The van der Waals surface area contributed by atoms with E-state index in [4.69, 9.17) is 5.11 Å². The molecule has 0 saturated carbocycles. The summed E-state index contributed by atoms with van der Waals surface area (Å²) in [6.45, 7) is 5.58. The highest BCUT2D eigenvalue weighted by molar-refractivity contribution is 5.90. The molecule has 0 aromatic carbocycles. The van der Waals surface area contributed by atoms with Gasteiger partial charge in [-0.15, -0.1) is 0 Å². The van der Waals surface area contributed by atoms with Crippen LogP contribution in [-0.2, 0) is 14.4 Å². The number of carbonyl (C=O) groups excluding carboxylic acids is 2. The molecule has 1 aliphatic rings. The van der Waals surface area contributed by atoms with Crippen molar-refractivity contribution in [3.05, 3.63) is 0 Å². The van der Waals surface area contributed by atoms with E-state index in [1.807, 2.05) is 0 Å². The molecule has 0 bridgehead atoms. The number of hydrogen-bond donors (Lipinski definition) is 2. The summed E-state index contributed by atoms with van der Waals surface area (Å²) < 4.78 is 0. The highest BCUT2D eigenvalue weighted by atomic mass is 16.4. The van der Waals surface area contributed by atoms with E-state index in [1.54, 1.807) is 13.8 Å². The second-order valence-corrected chi connectivity index (χ2v) is 4.41. The van der Waals surface area contributed by atoms with Gasteiger partial charge in [0, 0.05) is 19.0 Å². The van der Waals surface area contributed by atoms with Gasteiger partial charge < -0.3 is 15.3 Å². The molecular formula is C11H18N2O4. The van der Waals surface area contributed by atoms with Gasteiger partial charge in [0.15, 0.2) is 0 Å². The molecule has 0 aliphatic carbocycles. The number of nitrogens with zero attached hydrogens (tertiary/aromatic N) is 1. The molecule has 17 heavy (non-hydrogen) atoms. The lowest BCUT2D eigenvalue weighted by Gasteiger charge is -2.35. The molecule has 3 unspecified atom stereocenters. The van der Waals surface area contributed by atoms with Gasteiger partial charge in [0.1, 0.15) is 6.04 Å². The van der Waals surface area contributed by atoms with Gasteiger partial charge in [-0.05, 0) is 6.92 Å². The molecule has 2 N–H and O–H groups in total. The van der Waals surface area contributed by atoms with Crippen molar-refractivity contribution in [2.24, 2.45) is 11.8 Å². The Kier molecular flexibility index (Phi) is 4.09. The number of carboxylic acid groups (broad SMARTS) is 1. The van der Waals surface area contributed by atoms with Crippen molar-refractivity contribution in [3.8, 4) is 0 Å². The Labute approximate surface area is 100.0 Å². The van der Waals surface area contributed by atoms with Crippen LogP contribution < -0.4 is 5.32 Å². The Morgan fingerprint density at radius 3 is 2.53 bits per heavy atom. The third-order valence-electron chi connectivity index (χ3n) is 3.31. The third-order valence-corrected chi connectivity index (χ3v) is 3.31. The molecule has 1 rings (SSSR count). The molecule has 0 aromatic heterocycles. The molecule has 0 spiro atoms. The molecule has 1 fully saturated rings. The molecule has 1 saturated heterocycles. The van der Waals surface area contributed by atoms with E-state index >= 15 is 0 Å². The number of carbonyl (C=O) groups is 3. The van der Waals surface area contributed by atoms with Crippen LogP contribution in [0.25, 0.3) is 0 Å². The van der Waals surface area contributed by atoms with Crippen LogP contribution in [0.4, 0.5) is 0 Å². The Morgan fingerprint density at radius 1 is 1.41 bits per heavy atom. The molecule has 96 valence electrons. The van der Waals surface area contributed by atoms with Crippen LogP contribution >= 0.6 is 0 Å². The summed E-state index contributed by atoms with van der Waals surface area (Å²) in [5, 5.41) is 11.5. The molecule has 0 radical (unpaired) electrons. The Balaban J connectivity index is 2.75. The van der Waals surface area contributed by atoms with Crippen molar-refractivity contribution < 1.29 is 19.5 Å². The highest BCUT2D eigenvalue weighted by Crippen LogP contribution is 2.17. The van der Waals surface area contributed by atoms with Crippen LogP contribution in [0.2, 0.25) is 0 Å². The Hall–Kier alpha value is -1.59. The predicted octanol–water partition coefficient (Wildman–Crippen LogP) is -0.310. The van der Waals surface area contributed by atoms with E-state index in [1.165, 1.54) is 11.8 Å². The zero-order valence-electron chi connectivity index (χ0n) is 10.3. The van der Waals surface area contributed by atoms with Crippen LogP contribution in [0.15, 0.2) is 0 Å². The summed E-state index contributed by atoms with van der Waals surface area (Å²) in [4.78, 5) is 35.8. The quantitative estimate of drug-likeness (QED) is 0.710. The maximum Gasteiger partial charge on any atom is 0.307 e. The van der Waals surface area contributed by atoms with Gasteiger partial charge in [0.2, 0.25) is 11.8 Å². The highest BCUT2D eigenvalue weighted by Gasteiger charge is 2.35. The fourth-order valence-electron chi connectivity index (χ4n) is 1.77. The van der Waals surface area contributed by atoms with E-state index in [2.05, 4.69) is 5.32 Å². The van der Waals surface area contributed by atoms with Gasteiger partial charge in [-0.3, -0.25) is 14.4 Å². The van der Waals surface area contributed by atoms with E-state index in [-0.39, 0.29) is 11.8 Å². The zero-order chi connectivity index (χ0) is 13.2. The van der Waals surface area contributed by atoms with Crippen molar-refractivity contribution in [2.75, 3.05) is 13.1 Å². The van der Waals surface area contributed by atoms with Gasteiger partial charge in [-0.2, -0.15) is 0 Å². The topological polar surface area (TPSA) is 86.7 Å². The first-order valence-electron chi connectivity index (χ1n) is 5.67. The molecule has 2 amide bonds. The van der Waals surface area contributed by atoms with Gasteiger partial charge in [0.05, 0.1) is 5.92 Å². The number of nitrogens with one attached hydrogen (secondary N) is 1. The first-order valence-corrected chi connectivity index (χ1v) is 5.67. The maximum atomic E-state index is 12.1. The maximum absolute atomic E-state index is 12.1. The van der Waals surface area contributed by atoms with Gasteiger partial charge in [-0.25, -0.2) is 0 Å². The summed E-state index contributed by atoms with van der Waals surface area (Å²) in [6.07, 6.45) is 0. The van der Waals surface area contributed by atoms with Crippen LogP contribution in [0.5, 0.6) is 0 Å². The van der Waals surface area contributed by atoms with Crippen LogP contribution in [0.1, 0.15) is 20.8 Å². The minimum absolute atomic E-state index is 0.195. The Bertz CT molecular complexity index is 342. The number of hydrogen-bond acceptors (Lipinski definition) is 3. The van der Waals surface area contributed by atoms with Crippen molar-refractivity contribution in [3.63, 3.8) is 0 Å². The molecule has 1 heterocycles. The van der Waals surface area contributed by atoms with Crippen molar-refractivity contribution in [1.82, 2.24) is 10.2 Å². The molecule has 1 aliphatic heterocycles. The van der Waals surface area contributed by atoms with E-state index in [0.29, 0.717) is 13.1 Å². The lowest BCUT2D eigenvalue weighted by atomic mass is 9.94. The average molecular weight is 242 g/mol. The van der Waals surface area contributed by atoms with Gasteiger partial charge in [0.25, 0.3) is 0 Å². The smallest absolute Gasteiger partial charge is 0.307 e. The SMILES string of the molecule is CC(C(=O)O)C(C)C(=O)N1CCNC(=O)C1C. The van der Waals surface area contributed by atoms with Gasteiger partial charge >= 0.3 is 5.97 Å². The van der Waals surface area contributed by atoms with Gasteiger partial charge in [-0.1, -0.05) is 13.8 Å². The minimum Gasteiger partial charge on any atom is -0.481 e. The van der Waals surface area contributed by atoms with Crippen LogP contribution in [0.3, 0.4) is 0 Å². The fraction of sp³-hybridized carbons (Fsp3) is 0.727. The second-order valence-electron chi connectivity index (χ2n) is 4.41. The lowest BCUT2D eigenvalue weighted by Crippen LogP contribution is -2.57. The summed E-state index contributed by atoms with van der Waals surface area (Å²) in [5.41, 5.74) is 0. The van der Waals surface area contributed by atoms with Crippen LogP contribution in [-0.4, -0.2) is 46.9 Å². The second kappa shape index (κ2) is 5.16. The fourth-order valence-corrected chi connectivity index (χ4v) is 1.77. The lowest BCUT2D eigenvalue weighted by molar-refractivity contribution is -0.152. The number of rotatable bonds is 3. The summed E-state index contributed by atoms with van der Waals surface area (Å²) >= 11 is 0. The van der Waals surface area contributed by atoms with Crippen LogP contribution in [0, 0.1) is 11.8 Å². The number of piperazine rings is 1. The summed E-state index contributed by atoms with van der Waals surface area (Å²) in [6, 6.07) is -0.528. The normalized spacial score (nSPS) is 23.8.